The molecule has 1 saturated heterocycles. The molecule has 2 rings (SSSR count). The number of hydrogen-bond donors (Lipinski definition) is 2. The van der Waals surface area contributed by atoms with Crippen molar-refractivity contribution in [1.29, 1.82) is 0 Å². The Morgan fingerprint density at radius 2 is 1.87 bits per heavy atom. The van der Waals surface area contributed by atoms with Gasteiger partial charge in [-0.1, -0.05) is 18.2 Å². The molecule has 3 N–H and O–H groups in total. The van der Waals surface area contributed by atoms with Crippen LogP contribution in [0.2, 0.25) is 0 Å². The fourth-order valence-corrected chi connectivity index (χ4v) is 2.16. The van der Waals surface area contributed by atoms with Crippen molar-refractivity contribution in [3.8, 4) is 0 Å². The van der Waals surface area contributed by atoms with Crippen molar-refractivity contribution >= 4 is 12.1 Å². The van der Waals surface area contributed by atoms with Crippen molar-refractivity contribution < 1.29 is 19.2 Å². The maximum Gasteiger partial charge on any atom is 0.410 e. The van der Waals surface area contributed by atoms with E-state index in [0.717, 1.165) is 0 Å². The van der Waals surface area contributed by atoms with Gasteiger partial charge in [0.05, 0.1) is 5.56 Å². The number of amides is 1. The average Bonchev–Trinajstić information content (AvgIpc) is 2.45. The van der Waals surface area contributed by atoms with Gasteiger partial charge in [-0.15, -0.1) is 5.48 Å². The van der Waals surface area contributed by atoms with Crippen molar-refractivity contribution in [3.63, 3.8) is 0 Å². The zero-order valence-electron chi connectivity index (χ0n) is 13.7. The first-order valence-corrected chi connectivity index (χ1v) is 7.46. The number of benzene rings is 1. The lowest BCUT2D eigenvalue weighted by molar-refractivity contribution is -0.0655. The molecule has 0 radical (unpaired) electrons. The van der Waals surface area contributed by atoms with Gasteiger partial charge in [-0.25, -0.2) is 9.59 Å². The molecule has 0 bridgehead atoms. The van der Waals surface area contributed by atoms with Gasteiger partial charge in [0, 0.05) is 19.6 Å². The van der Waals surface area contributed by atoms with Crippen molar-refractivity contribution in [2.45, 2.75) is 31.9 Å². The molecule has 1 aliphatic rings. The number of likely N-dealkylation sites (tertiary alicyclic amines) is 1. The van der Waals surface area contributed by atoms with E-state index < -0.39 is 23.2 Å². The molecule has 7 heteroatoms. The van der Waals surface area contributed by atoms with Gasteiger partial charge in [-0.05, 0) is 32.9 Å². The van der Waals surface area contributed by atoms with Crippen molar-refractivity contribution in [2.24, 2.45) is 5.73 Å². The standard InChI is InChI=1S/C16H23N3O4/c1-15(2,3)22-14(21)19-10-16(9-17,11-19)18-23-13(20)12-7-5-4-6-8-12/h4-8,18H,9-11,17H2,1-3H3. The molecular formula is C16H23N3O4. The molecule has 1 heterocycles. The number of ether oxygens (including phenoxy) is 1. The molecule has 1 amide bonds. The summed E-state index contributed by atoms with van der Waals surface area (Å²) < 4.78 is 5.29. The summed E-state index contributed by atoms with van der Waals surface area (Å²) in [5, 5.41) is 0. The van der Waals surface area contributed by atoms with E-state index in [0.29, 0.717) is 18.7 Å². The molecule has 1 fully saturated rings. The second-order valence-electron chi connectivity index (χ2n) is 6.68. The summed E-state index contributed by atoms with van der Waals surface area (Å²) in [6, 6.07) is 8.64. The third-order valence-electron chi connectivity index (χ3n) is 3.40. The summed E-state index contributed by atoms with van der Waals surface area (Å²) in [5.74, 6) is -0.492. The second kappa shape index (κ2) is 6.55. The van der Waals surface area contributed by atoms with Gasteiger partial charge in [0.1, 0.15) is 11.1 Å². The third-order valence-corrected chi connectivity index (χ3v) is 3.40. The van der Waals surface area contributed by atoms with Crippen molar-refractivity contribution in [3.05, 3.63) is 35.9 Å². The minimum Gasteiger partial charge on any atom is -0.444 e. The predicted molar refractivity (Wildman–Crippen MR) is 84.6 cm³/mol. The Balaban J connectivity index is 1.85. The van der Waals surface area contributed by atoms with Crippen LogP contribution in [0.25, 0.3) is 0 Å². The Morgan fingerprint density at radius 3 is 2.39 bits per heavy atom. The van der Waals surface area contributed by atoms with Crippen LogP contribution >= 0.6 is 0 Å². The van der Waals surface area contributed by atoms with Gasteiger partial charge in [-0.2, -0.15) is 0 Å². The Labute approximate surface area is 135 Å². The van der Waals surface area contributed by atoms with Gasteiger partial charge in [0.2, 0.25) is 0 Å². The smallest absolute Gasteiger partial charge is 0.410 e. The molecule has 1 aliphatic heterocycles. The molecule has 0 atom stereocenters. The Bertz CT molecular complexity index is 562. The van der Waals surface area contributed by atoms with Crippen LogP contribution < -0.4 is 11.2 Å². The SMILES string of the molecule is CC(C)(C)OC(=O)N1CC(CN)(NOC(=O)c2ccccc2)C1. The lowest BCUT2D eigenvalue weighted by Gasteiger charge is -2.48. The minimum atomic E-state index is -0.638. The number of carbonyl (C=O) groups is 2. The van der Waals surface area contributed by atoms with Gasteiger partial charge < -0.3 is 20.2 Å². The van der Waals surface area contributed by atoms with Gasteiger partial charge in [-0.3, -0.25) is 0 Å². The summed E-state index contributed by atoms with van der Waals surface area (Å²) >= 11 is 0. The highest BCUT2D eigenvalue weighted by Gasteiger charge is 2.47. The molecule has 1 aromatic rings. The highest BCUT2D eigenvalue weighted by Crippen LogP contribution is 2.23. The van der Waals surface area contributed by atoms with E-state index in [-0.39, 0.29) is 6.54 Å². The number of carbonyl (C=O) groups excluding carboxylic acids is 2. The van der Waals surface area contributed by atoms with Crippen LogP contribution in [0.15, 0.2) is 30.3 Å². The summed E-state index contributed by atoms with van der Waals surface area (Å²) in [6.07, 6.45) is -0.405. The molecule has 23 heavy (non-hydrogen) atoms. The van der Waals surface area contributed by atoms with Crippen LogP contribution in [0.1, 0.15) is 31.1 Å². The highest BCUT2D eigenvalue weighted by molar-refractivity contribution is 5.89. The van der Waals surface area contributed by atoms with E-state index in [2.05, 4.69) is 5.48 Å². The largest absolute Gasteiger partial charge is 0.444 e. The molecule has 7 nitrogen and oxygen atoms in total. The van der Waals surface area contributed by atoms with Crippen molar-refractivity contribution in [1.82, 2.24) is 10.4 Å². The fourth-order valence-electron chi connectivity index (χ4n) is 2.16. The second-order valence-corrected chi connectivity index (χ2v) is 6.68. The molecule has 0 aliphatic carbocycles. The van der Waals surface area contributed by atoms with E-state index >= 15 is 0 Å². The van der Waals surface area contributed by atoms with Gasteiger partial charge in [0.15, 0.2) is 0 Å². The molecule has 0 unspecified atom stereocenters. The highest BCUT2D eigenvalue weighted by atomic mass is 16.7. The Hall–Kier alpha value is -2.12. The third kappa shape index (κ3) is 4.43. The molecule has 0 saturated carbocycles. The molecule has 1 aromatic carbocycles. The maximum absolute atomic E-state index is 11.9. The molecular weight excluding hydrogens is 298 g/mol. The average molecular weight is 321 g/mol. The van der Waals surface area contributed by atoms with Crippen LogP contribution in [0.4, 0.5) is 4.79 Å². The number of nitrogens with two attached hydrogens (primary N) is 1. The number of nitrogens with zero attached hydrogens (tertiary/aromatic N) is 1. The monoisotopic (exact) mass is 321 g/mol. The maximum atomic E-state index is 11.9. The zero-order valence-corrected chi connectivity index (χ0v) is 13.7. The van der Waals surface area contributed by atoms with Crippen LogP contribution in [-0.4, -0.2) is 47.7 Å². The van der Waals surface area contributed by atoms with Crippen LogP contribution in [0.3, 0.4) is 0 Å². The van der Waals surface area contributed by atoms with E-state index in [1.54, 1.807) is 45.0 Å². The Kier molecular flexibility index (Phi) is 4.91. The van der Waals surface area contributed by atoms with E-state index in [1.807, 2.05) is 6.07 Å². The fraction of sp³-hybridized carbons (Fsp3) is 0.500. The summed E-state index contributed by atoms with van der Waals surface area (Å²) in [5.41, 5.74) is 7.71. The van der Waals surface area contributed by atoms with Gasteiger partial charge >= 0.3 is 12.1 Å². The predicted octanol–water partition coefficient (Wildman–Crippen LogP) is 1.30. The first-order chi connectivity index (χ1) is 10.7. The Morgan fingerprint density at radius 1 is 1.26 bits per heavy atom. The summed E-state index contributed by atoms with van der Waals surface area (Å²) in [6.45, 7) is 6.29. The summed E-state index contributed by atoms with van der Waals surface area (Å²) in [4.78, 5) is 30.5. The lowest BCUT2D eigenvalue weighted by Crippen LogP contribution is -2.73. The topological polar surface area (TPSA) is 93.9 Å². The van der Waals surface area contributed by atoms with Crippen LogP contribution in [0.5, 0.6) is 0 Å². The molecule has 0 aromatic heterocycles. The van der Waals surface area contributed by atoms with Gasteiger partial charge in [0.25, 0.3) is 0 Å². The summed E-state index contributed by atoms with van der Waals surface area (Å²) in [7, 11) is 0. The number of nitrogens with one attached hydrogen (secondary N) is 1. The van der Waals surface area contributed by atoms with Crippen molar-refractivity contribution in [2.75, 3.05) is 19.6 Å². The first-order valence-electron chi connectivity index (χ1n) is 7.46. The minimum absolute atomic E-state index is 0.231. The zero-order chi connectivity index (χ0) is 17.1. The van der Waals surface area contributed by atoms with Crippen LogP contribution in [0, 0.1) is 0 Å². The number of rotatable bonds is 4. The normalized spacial score (nSPS) is 16.4. The number of hydroxylamine groups is 1. The van der Waals surface area contributed by atoms with E-state index in [1.165, 1.54) is 4.90 Å². The quantitative estimate of drug-likeness (QED) is 0.812. The lowest BCUT2D eigenvalue weighted by atomic mass is 9.91. The van der Waals surface area contributed by atoms with Crippen LogP contribution in [-0.2, 0) is 9.57 Å². The molecule has 0 spiro atoms. The number of hydrogen-bond acceptors (Lipinski definition) is 6. The molecule has 126 valence electrons. The van der Waals surface area contributed by atoms with E-state index in [4.69, 9.17) is 15.3 Å². The first kappa shape index (κ1) is 17.2. The van der Waals surface area contributed by atoms with E-state index in [9.17, 15) is 9.59 Å².